The topological polar surface area (TPSA) is 103 Å². The van der Waals surface area contributed by atoms with E-state index in [9.17, 15) is 13.2 Å². The zero-order valence-electron chi connectivity index (χ0n) is 17.9. The SMILES string of the molecule is CN=C(NCCc1cccc(C(=O)NC)c1)NCCS(=O)(=O)N1CCc2ccccc21. The molecular weight excluding hydrogens is 414 g/mol. The van der Waals surface area contributed by atoms with Crippen molar-refractivity contribution in [2.75, 3.05) is 43.8 Å². The molecule has 9 heteroatoms. The first-order valence-corrected chi connectivity index (χ1v) is 11.9. The number of carbonyl (C=O) groups excluding carboxylic acids is 1. The number of anilines is 1. The molecule has 0 spiro atoms. The number of benzene rings is 2. The first-order chi connectivity index (χ1) is 14.9. The van der Waals surface area contributed by atoms with Crippen molar-refractivity contribution in [3.05, 3.63) is 65.2 Å². The van der Waals surface area contributed by atoms with Crippen molar-refractivity contribution in [1.29, 1.82) is 0 Å². The van der Waals surface area contributed by atoms with Crippen LogP contribution in [0.5, 0.6) is 0 Å². The van der Waals surface area contributed by atoms with Crippen molar-refractivity contribution < 1.29 is 13.2 Å². The van der Waals surface area contributed by atoms with Crippen molar-refractivity contribution in [1.82, 2.24) is 16.0 Å². The van der Waals surface area contributed by atoms with Crippen LogP contribution in [-0.2, 0) is 22.9 Å². The van der Waals surface area contributed by atoms with E-state index < -0.39 is 10.0 Å². The molecule has 0 saturated carbocycles. The van der Waals surface area contributed by atoms with E-state index in [2.05, 4.69) is 20.9 Å². The van der Waals surface area contributed by atoms with E-state index in [1.54, 1.807) is 20.2 Å². The van der Waals surface area contributed by atoms with Gasteiger partial charge in [0.2, 0.25) is 10.0 Å². The molecule has 1 amide bonds. The average molecular weight is 444 g/mol. The second kappa shape index (κ2) is 10.3. The highest BCUT2D eigenvalue weighted by molar-refractivity contribution is 7.92. The molecule has 8 nitrogen and oxygen atoms in total. The van der Waals surface area contributed by atoms with Crippen LogP contribution in [0.3, 0.4) is 0 Å². The summed E-state index contributed by atoms with van der Waals surface area (Å²) in [5.41, 5.74) is 3.50. The molecule has 0 saturated heterocycles. The van der Waals surface area contributed by atoms with Crippen LogP contribution in [0.2, 0.25) is 0 Å². The third-order valence-corrected chi connectivity index (χ3v) is 6.95. The summed E-state index contributed by atoms with van der Waals surface area (Å²) < 4.78 is 27.0. The lowest BCUT2D eigenvalue weighted by atomic mass is 10.1. The lowest BCUT2D eigenvalue weighted by Crippen LogP contribution is -2.42. The molecular formula is C22H29N5O3S. The number of guanidine groups is 1. The fraction of sp³-hybridized carbons (Fsp3) is 0.364. The molecule has 31 heavy (non-hydrogen) atoms. The van der Waals surface area contributed by atoms with Crippen LogP contribution in [0.15, 0.2) is 53.5 Å². The number of para-hydroxylation sites is 1. The summed E-state index contributed by atoms with van der Waals surface area (Å²) in [5.74, 6) is 0.407. The molecule has 1 heterocycles. The van der Waals surface area contributed by atoms with E-state index in [-0.39, 0.29) is 18.2 Å². The minimum absolute atomic E-state index is 0.0176. The minimum atomic E-state index is -3.41. The molecule has 3 rings (SSSR count). The number of hydrogen-bond acceptors (Lipinski definition) is 4. The van der Waals surface area contributed by atoms with Gasteiger partial charge in [-0.3, -0.25) is 14.1 Å². The van der Waals surface area contributed by atoms with Gasteiger partial charge in [-0.15, -0.1) is 0 Å². The Balaban J connectivity index is 1.46. The number of nitrogens with zero attached hydrogens (tertiary/aromatic N) is 2. The van der Waals surface area contributed by atoms with E-state index in [4.69, 9.17) is 0 Å². The summed E-state index contributed by atoms with van der Waals surface area (Å²) in [6.45, 7) is 1.35. The normalized spacial score (nSPS) is 13.6. The Morgan fingerprint density at radius 2 is 1.87 bits per heavy atom. The standard InChI is InChI=1S/C22H29N5O3S/c1-23-21(28)19-8-5-6-17(16-19)10-12-25-22(24-2)26-13-15-31(29,30)27-14-11-18-7-3-4-9-20(18)27/h3-9,16H,10-15H2,1-2H3,(H,23,28)(H2,24,25,26). The largest absolute Gasteiger partial charge is 0.356 e. The van der Waals surface area contributed by atoms with Crippen molar-refractivity contribution in [3.8, 4) is 0 Å². The molecule has 0 aromatic heterocycles. The molecule has 166 valence electrons. The fourth-order valence-corrected chi connectivity index (χ4v) is 4.99. The van der Waals surface area contributed by atoms with E-state index in [0.29, 0.717) is 31.0 Å². The van der Waals surface area contributed by atoms with Crippen LogP contribution in [0.25, 0.3) is 0 Å². The molecule has 0 fully saturated rings. The Labute approximate surface area is 183 Å². The first kappa shape index (κ1) is 22.6. The monoisotopic (exact) mass is 443 g/mol. The van der Waals surface area contributed by atoms with Gasteiger partial charge in [0.15, 0.2) is 5.96 Å². The van der Waals surface area contributed by atoms with Crippen LogP contribution in [0.1, 0.15) is 21.5 Å². The highest BCUT2D eigenvalue weighted by Gasteiger charge is 2.28. The molecule has 0 atom stereocenters. The first-order valence-electron chi connectivity index (χ1n) is 10.3. The van der Waals surface area contributed by atoms with Crippen LogP contribution in [-0.4, -0.2) is 59.8 Å². The maximum atomic E-state index is 12.8. The fourth-order valence-electron chi connectivity index (χ4n) is 3.56. The third-order valence-electron chi connectivity index (χ3n) is 5.18. The van der Waals surface area contributed by atoms with E-state index in [0.717, 1.165) is 23.2 Å². The molecule has 1 aliphatic heterocycles. The number of sulfonamides is 1. The lowest BCUT2D eigenvalue weighted by Gasteiger charge is -2.20. The summed E-state index contributed by atoms with van der Waals surface area (Å²) >= 11 is 0. The summed E-state index contributed by atoms with van der Waals surface area (Å²) in [6, 6.07) is 15.1. The van der Waals surface area contributed by atoms with Crippen molar-refractivity contribution in [2.24, 2.45) is 4.99 Å². The highest BCUT2D eigenvalue weighted by Crippen LogP contribution is 2.29. The number of aliphatic imine (C=N–C) groups is 1. The lowest BCUT2D eigenvalue weighted by molar-refractivity contribution is 0.0963. The second-order valence-corrected chi connectivity index (χ2v) is 9.23. The predicted octanol–water partition coefficient (Wildman–Crippen LogP) is 1.15. The van der Waals surface area contributed by atoms with Crippen LogP contribution >= 0.6 is 0 Å². The van der Waals surface area contributed by atoms with Gasteiger partial charge >= 0.3 is 0 Å². The van der Waals surface area contributed by atoms with Gasteiger partial charge in [0, 0.05) is 39.3 Å². The molecule has 1 aliphatic rings. The minimum Gasteiger partial charge on any atom is -0.356 e. The van der Waals surface area contributed by atoms with E-state index in [1.807, 2.05) is 42.5 Å². The molecule has 0 bridgehead atoms. The summed E-state index contributed by atoms with van der Waals surface area (Å²) in [7, 11) is -0.154. The van der Waals surface area contributed by atoms with E-state index in [1.165, 1.54) is 4.31 Å². The second-order valence-electron chi connectivity index (χ2n) is 7.22. The number of hydrogen-bond donors (Lipinski definition) is 3. The molecule has 0 unspecified atom stereocenters. The van der Waals surface area contributed by atoms with Gasteiger partial charge < -0.3 is 16.0 Å². The maximum absolute atomic E-state index is 12.8. The van der Waals surface area contributed by atoms with Gasteiger partial charge in [0.25, 0.3) is 5.91 Å². The van der Waals surface area contributed by atoms with Crippen molar-refractivity contribution in [3.63, 3.8) is 0 Å². The van der Waals surface area contributed by atoms with Crippen molar-refractivity contribution >= 4 is 27.6 Å². The van der Waals surface area contributed by atoms with Gasteiger partial charge in [0.1, 0.15) is 0 Å². The Kier molecular flexibility index (Phi) is 7.51. The molecule has 3 N–H and O–H groups in total. The van der Waals surface area contributed by atoms with Crippen LogP contribution < -0.4 is 20.3 Å². The number of carbonyl (C=O) groups is 1. The van der Waals surface area contributed by atoms with Gasteiger partial charge in [-0.05, 0) is 42.2 Å². The van der Waals surface area contributed by atoms with Gasteiger partial charge in [0.05, 0.1) is 11.4 Å². The maximum Gasteiger partial charge on any atom is 0.251 e. The number of fused-ring (bicyclic) bond motifs is 1. The van der Waals surface area contributed by atoms with Crippen LogP contribution in [0.4, 0.5) is 5.69 Å². The number of nitrogens with one attached hydrogen (secondary N) is 3. The van der Waals surface area contributed by atoms with Crippen LogP contribution in [0, 0.1) is 0 Å². The summed E-state index contributed by atoms with van der Waals surface area (Å²) in [5, 5.41) is 8.87. The van der Waals surface area contributed by atoms with Gasteiger partial charge in [-0.1, -0.05) is 30.3 Å². The zero-order chi connectivity index (χ0) is 22.3. The quantitative estimate of drug-likeness (QED) is 0.420. The Bertz CT molecular complexity index is 1050. The van der Waals surface area contributed by atoms with Gasteiger partial charge in [-0.2, -0.15) is 0 Å². The number of amides is 1. The average Bonchev–Trinajstić information content (AvgIpc) is 3.23. The predicted molar refractivity (Wildman–Crippen MR) is 124 cm³/mol. The Hall–Kier alpha value is -3.07. The number of rotatable bonds is 8. The summed E-state index contributed by atoms with van der Waals surface area (Å²) in [4.78, 5) is 15.9. The Morgan fingerprint density at radius 3 is 2.65 bits per heavy atom. The third kappa shape index (κ3) is 5.75. The smallest absolute Gasteiger partial charge is 0.251 e. The highest BCUT2D eigenvalue weighted by atomic mass is 32.2. The molecule has 0 radical (unpaired) electrons. The zero-order valence-corrected chi connectivity index (χ0v) is 18.7. The molecule has 2 aromatic rings. The summed E-state index contributed by atoms with van der Waals surface area (Å²) in [6.07, 6.45) is 1.45. The van der Waals surface area contributed by atoms with Crippen molar-refractivity contribution in [2.45, 2.75) is 12.8 Å². The molecule has 2 aromatic carbocycles. The molecule has 0 aliphatic carbocycles. The Morgan fingerprint density at radius 1 is 1.10 bits per heavy atom. The van der Waals surface area contributed by atoms with E-state index >= 15 is 0 Å². The van der Waals surface area contributed by atoms with Gasteiger partial charge in [-0.25, -0.2) is 8.42 Å².